The molecule has 0 N–H and O–H groups in total. The van der Waals surface area contributed by atoms with Crippen LogP contribution in [0.25, 0.3) is 5.65 Å². The second kappa shape index (κ2) is 3.73. The van der Waals surface area contributed by atoms with Gasteiger partial charge in [-0.2, -0.15) is 0 Å². The molecule has 2 aromatic heterocycles. The Labute approximate surface area is 99.2 Å². The van der Waals surface area contributed by atoms with Crippen LogP contribution < -0.4 is 0 Å². The van der Waals surface area contributed by atoms with Crippen molar-refractivity contribution < 1.29 is 4.79 Å². The number of carbonyl (C=O) groups is 1. The highest BCUT2D eigenvalue weighted by molar-refractivity contribution is 5.93. The van der Waals surface area contributed by atoms with E-state index in [-0.39, 0.29) is 5.91 Å². The second-order valence-corrected chi connectivity index (χ2v) is 4.28. The highest BCUT2D eigenvalue weighted by Gasteiger charge is 2.18. The van der Waals surface area contributed by atoms with Gasteiger partial charge < -0.3 is 9.30 Å². The van der Waals surface area contributed by atoms with Gasteiger partial charge in [0.25, 0.3) is 5.91 Å². The molecule has 0 spiro atoms. The Balaban J connectivity index is 1.97. The Kier molecular flexibility index (Phi) is 2.21. The molecule has 17 heavy (non-hydrogen) atoms. The third kappa shape index (κ3) is 1.71. The fourth-order valence-electron chi connectivity index (χ4n) is 1.99. The van der Waals surface area contributed by atoms with Crippen LogP contribution in [0.2, 0.25) is 0 Å². The van der Waals surface area contributed by atoms with E-state index in [1.165, 1.54) is 0 Å². The van der Waals surface area contributed by atoms with Crippen molar-refractivity contribution in [3.05, 3.63) is 47.9 Å². The number of hydrogen-bond donors (Lipinski definition) is 0. The van der Waals surface area contributed by atoms with Crippen LogP contribution in [0.3, 0.4) is 0 Å². The summed E-state index contributed by atoms with van der Waals surface area (Å²) in [5, 5.41) is 0. The summed E-state index contributed by atoms with van der Waals surface area (Å²) in [4.78, 5) is 18.2. The number of carbonyl (C=O) groups excluding carboxylic acids is 1. The number of aromatic nitrogens is 2. The van der Waals surface area contributed by atoms with Gasteiger partial charge in [0, 0.05) is 25.5 Å². The monoisotopic (exact) mass is 227 g/mol. The lowest BCUT2D eigenvalue weighted by Gasteiger charge is -2.12. The van der Waals surface area contributed by atoms with E-state index in [9.17, 15) is 4.79 Å². The van der Waals surface area contributed by atoms with Gasteiger partial charge in [0.2, 0.25) is 0 Å². The van der Waals surface area contributed by atoms with E-state index < -0.39 is 0 Å². The van der Waals surface area contributed by atoms with E-state index in [0.29, 0.717) is 18.8 Å². The largest absolute Gasteiger partial charge is 0.330 e. The molecule has 0 aromatic carbocycles. The topological polar surface area (TPSA) is 37.6 Å². The zero-order valence-corrected chi connectivity index (χ0v) is 9.63. The summed E-state index contributed by atoms with van der Waals surface area (Å²) in [5.74, 6) is -0.00338. The number of imidazole rings is 1. The molecule has 0 fully saturated rings. The van der Waals surface area contributed by atoms with Gasteiger partial charge in [-0.3, -0.25) is 4.79 Å². The number of nitrogens with zero attached hydrogens (tertiary/aromatic N) is 3. The van der Waals surface area contributed by atoms with Crippen LogP contribution in [0.1, 0.15) is 16.1 Å². The summed E-state index contributed by atoms with van der Waals surface area (Å²) in [7, 11) is 0. The second-order valence-electron chi connectivity index (χ2n) is 4.28. The maximum atomic E-state index is 12.1. The summed E-state index contributed by atoms with van der Waals surface area (Å²) < 4.78 is 1.88. The molecule has 0 bridgehead atoms. The smallest absolute Gasteiger partial charge is 0.274 e. The standard InChI is InChI=1S/C13H13N3O/c1-10-4-7-16-9-11(14-12(16)8-10)13(17)15-5-2-3-6-15/h2-4,7-9H,5-6H2,1H3. The van der Waals surface area contributed by atoms with Gasteiger partial charge in [-0.15, -0.1) is 0 Å². The molecule has 0 radical (unpaired) electrons. The van der Waals surface area contributed by atoms with Crippen molar-refractivity contribution in [2.45, 2.75) is 6.92 Å². The zero-order chi connectivity index (χ0) is 11.8. The fraction of sp³-hybridized carbons (Fsp3) is 0.231. The molecule has 0 aliphatic carbocycles. The van der Waals surface area contributed by atoms with Crippen molar-refractivity contribution in [1.29, 1.82) is 0 Å². The number of pyridine rings is 1. The van der Waals surface area contributed by atoms with Crippen LogP contribution in [0.4, 0.5) is 0 Å². The van der Waals surface area contributed by atoms with Crippen LogP contribution in [0.5, 0.6) is 0 Å². The lowest BCUT2D eigenvalue weighted by atomic mass is 10.3. The van der Waals surface area contributed by atoms with E-state index in [0.717, 1.165) is 11.2 Å². The van der Waals surface area contributed by atoms with Gasteiger partial charge in [0.1, 0.15) is 11.3 Å². The van der Waals surface area contributed by atoms with Crippen molar-refractivity contribution in [2.75, 3.05) is 13.1 Å². The van der Waals surface area contributed by atoms with Crippen molar-refractivity contribution in [3.63, 3.8) is 0 Å². The Bertz CT molecular complexity index is 604. The number of aryl methyl sites for hydroxylation is 1. The Morgan fingerprint density at radius 3 is 2.88 bits per heavy atom. The molecule has 1 aliphatic rings. The molecular formula is C13H13N3O. The Morgan fingerprint density at radius 2 is 2.12 bits per heavy atom. The average molecular weight is 227 g/mol. The SMILES string of the molecule is Cc1ccn2cc(C(=O)N3CC=CC3)nc2c1. The molecule has 0 saturated heterocycles. The van der Waals surface area contributed by atoms with Gasteiger partial charge in [0.15, 0.2) is 0 Å². The van der Waals surface area contributed by atoms with Crippen LogP contribution in [0.15, 0.2) is 36.7 Å². The predicted octanol–water partition coefficient (Wildman–Crippen LogP) is 1.65. The molecule has 0 atom stereocenters. The summed E-state index contributed by atoms with van der Waals surface area (Å²) in [6.45, 7) is 3.39. The first-order valence-electron chi connectivity index (χ1n) is 5.64. The molecular weight excluding hydrogens is 214 g/mol. The highest BCUT2D eigenvalue weighted by Crippen LogP contribution is 2.11. The van der Waals surface area contributed by atoms with E-state index >= 15 is 0 Å². The quantitative estimate of drug-likeness (QED) is 0.695. The maximum absolute atomic E-state index is 12.1. The van der Waals surface area contributed by atoms with Gasteiger partial charge in [0.05, 0.1) is 0 Å². The summed E-state index contributed by atoms with van der Waals surface area (Å²) >= 11 is 0. The van der Waals surface area contributed by atoms with Gasteiger partial charge in [-0.25, -0.2) is 4.98 Å². The Morgan fingerprint density at radius 1 is 1.35 bits per heavy atom. The number of hydrogen-bond acceptors (Lipinski definition) is 2. The molecule has 2 aromatic rings. The van der Waals surface area contributed by atoms with Crippen molar-refractivity contribution >= 4 is 11.6 Å². The van der Waals surface area contributed by atoms with Crippen molar-refractivity contribution in [1.82, 2.24) is 14.3 Å². The number of amides is 1. The van der Waals surface area contributed by atoms with E-state index in [4.69, 9.17) is 0 Å². The van der Waals surface area contributed by atoms with E-state index in [1.807, 2.05) is 41.8 Å². The van der Waals surface area contributed by atoms with Crippen molar-refractivity contribution in [2.24, 2.45) is 0 Å². The summed E-state index contributed by atoms with van der Waals surface area (Å²) in [6.07, 6.45) is 7.71. The molecule has 4 nitrogen and oxygen atoms in total. The molecule has 3 heterocycles. The van der Waals surface area contributed by atoms with Gasteiger partial charge in [-0.1, -0.05) is 12.2 Å². The number of rotatable bonds is 1. The third-order valence-electron chi connectivity index (χ3n) is 2.94. The summed E-state index contributed by atoms with van der Waals surface area (Å²) in [6, 6.07) is 3.97. The van der Waals surface area contributed by atoms with Gasteiger partial charge in [-0.05, 0) is 24.6 Å². The minimum Gasteiger partial charge on any atom is -0.330 e. The first kappa shape index (κ1) is 10.1. The molecule has 4 heteroatoms. The normalized spacial score (nSPS) is 14.8. The van der Waals surface area contributed by atoms with Crippen molar-refractivity contribution in [3.8, 4) is 0 Å². The van der Waals surface area contributed by atoms with E-state index in [2.05, 4.69) is 4.98 Å². The highest BCUT2D eigenvalue weighted by atomic mass is 16.2. The molecule has 0 saturated carbocycles. The first-order chi connectivity index (χ1) is 8.24. The molecule has 1 amide bonds. The zero-order valence-electron chi connectivity index (χ0n) is 9.63. The minimum absolute atomic E-state index is 0.00338. The molecule has 86 valence electrons. The third-order valence-corrected chi connectivity index (χ3v) is 2.94. The Hall–Kier alpha value is -2.10. The maximum Gasteiger partial charge on any atom is 0.274 e. The van der Waals surface area contributed by atoms with Crippen LogP contribution in [0, 0.1) is 6.92 Å². The molecule has 0 unspecified atom stereocenters. The number of fused-ring (bicyclic) bond motifs is 1. The van der Waals surface area contributed by atoms with Crippen LogP contribution in [-0.4, -0.2) is 33.3 Å². The van der Waals surface area contributed by atoms with E-state index in [1.54, 1.807) is 11.1 Å². The predicted molar refractivity (Wildman–Crippen MR) is 65.0 cm³/mol. The molecule has 1 aliphatic heterocycles. The van der Waals surface area contributed by atoms with Crippen LogP contribution in [-0.2, 0) is 0 Å². The lowest BCUT2D eigenvalue weighted by Crippen LogP contribution is -2.28. The average Bonchev–Trinajstić information content (AvgIpc) is 2.96. The lowest BCUT2D eigenvalue weighted by molar-refractivity contribution is 0.0795. The first-order valence-corrected chi connectivity index (χ1v) is 5.64. The van der Waals surface area contributed by atoms with Gasteiger partial charge >= 0.3 is 0 Å². The minimum atomic E-state index is -0.00338. The van der Waals surface area contributed by atoms with Crippen LogP contribution >= 0.6 is 0 Å². The molecule has 3 rings (SSSR count). The summed E-state index contributed by atoms with van der Waals surface area (Å²) in [5.41, 5.74) is 2.48. The fourth-order valence-corrected chi connectivity index (χ4v) is 1.99.